The van der Waals surface area contributed by atoms with E-state index in [-0.39, 0.29) is 17.7 Å². The number of amides is 3. The minimum absolute atomic E-state index is 0.0948. The molecule has 0 spiro atoms. The number of likely N-dealkylation sites (tertiary alicyclic amines) is 1. The number of nitrogens with zero attached hydrogens (tertiary/aromatic N) is 1. The lowest BCUT2D eigenvalue weighted by Gasteiger charge is -2.30. The van der Waals surface area contributed by atoms with Gasteiger partial charge in [-0.05, 0) is 18.3 Å². The van der Waals surface area contributed by atoms with Gasteiger partial charge in [0.25, 0.3) is 0 Å². The third-order valence-electron chi connectivity index (χ3n) is 4.01. The number of primary amides is 1. The van der Waals surface area contributed by atoms with Gasteiger partial charge in [0.1, 0.15) is 12.1 Å². The second-order valence-electron chi connectivity index (χ2n) is 5.45. The predicted octanol–water partition coefficient (Wildman–Crippen LogP) is 0.391. The molecule has 4 N–H and O–H groups in total. The quantitative estimate of drug-likeness (QED) is 0.678. The molecule has 1 fully saturated rings. The lowest BCUT2D eigenvalue weighted by atomic mass is 9.97. The maximum absolute atomic E-state index is 12.5. The molecule has 0 aromatic rings. The molecule has 1 rings (SSSR count). The van der Waals surface area contributed by atoms with Crippen LogP contribution in [-0.4, -0.2) is 46.5 Å². The molecule has 1 aliphatic rings. The smallest absolute Gasteiger partial charge is 0.326 e. The highest BCUT2D eigenvalue weighted by molar-refractivity contribution is 5.90. The third kappa shape index (κ3) is 3.40. The number of nitrogens with two attached hydrogens (primary N) is 1. The highest BCUT2D eigenvalue weighted by Gasteiger charge is 2.42. The lowest BCUT2D eigenvalue weighted by molar-refractivity contribution is -0.150. The summed E-state index contributed by atoms with van der Waals surface area (Å²) in [5, 5.41) is 11.7. The van der Waals surface area contributed by atoms with Crippen molar-refractivity contribution in [1.82, 2.24) is 10.2 Å². The minimum Gasteiger partial charge on any atom is -0.480 e. The molecule has 0 aromatic carbocycles. The molecule has 1 heterocycles. The number of carbonyl (C=O) groups is 3. The van der Waals surface area contributed by atoms with Crippen LogP contribution in [0.15, 0.2) is 0 Å². The Bertz CT molecular complexity index is 395. The molecule has 3 amide bonds. The summed E-state index contributed by atoms with van der Waals surface area (Å²) in [6.45, 7) is 5.93. The Morgan fingerprint density at radius 2 is 2.05 bits per heavy atom. The van der Waals surface area contributed by atoms with Crippen LogP contribution in [0.2, 0.25) is 0 Å². The summed E-state index contributed by atoms with van der Waals surface area (Å²) in [5.74, 6) is -1.58. The van der Waals surface area contributed by atoms with Crippen LogP contribution >= 0.6 is 0 Å². The second kappa shape index (κ2) is 6.58. The van der Waals surface area contributed by atoms with Gasteiger partial charge in [-0.1, -0.05) is 27.2 Å². The Kier molecular flexibility index (Phi) is 5.35. The molecule has 0 bridgehead atoms. The first-order valence-electron chi connectivity index (χ1n) is 6.88. The number of aliphatic carboxylic acids is 1. The van der Waals surface area contributed by atoms with Gasteiger partial charge in [-0.2, -0.15) is 0 Å². The third-order valence-corrected chi connectivity index (χ3v) is 4.01. The fourth-order valence-electron chi connectivity index (χ4n) is 2.59. The van der Waals surface area contributed by atoms with E-state index in [1.54, 1.807) is 0 Å². The number of carboxylic acids is 1. The second-order valence-corrected chi connectivity index (χ2v) is 5.45. The average molecular weight is 285 g/mol. The van der Waals surface area contributed by atoms with E-state index < -0.39 is 24.1 Å². The van der Waals surface area contributed by atoms with Gasteiger partial charge in [-0.15, -0.1) is 0 Å². The first-order valence-corrected chi connectivity index (χ1v) is 6.88. The van der Waals surface area contributed by atoms with Crippen LogP contribution < -0.4 is 11.1 Å². The minimum atomic E-state index is -1.01. The van der Waals surface area contributed by atoms with Gasteiger partial charge in [0.15, 0.2) is 0 Å². The van der Waals surface area contributed by atoms with Crippen molar-refractivity contribution in [1.29, 1.82) is 0 Å². The maximum Gasteiger partial charge on any atom is 0.326 e. The summed E-state index contributed by atoms with van der Waals surface area (Å²) in [7, 11) is 0. The maximum atomic E-state index is 12.5. The summed E-state index contributed by atoms with van der Waals surface area (Å²) >= 11 is 0. The molecule has 4 unspecified atom stereocenters. The van der Waals surface area contributed by atoms with Gasteiger partial charge < -0.3 is 21.1 Å². The number of urea groups is 1. The summed E-state index contributed by atoms with van der Waals surface area (Å²) in [5.41, 5.74) is 5.11. The van der Waals surface area contributed by atoms with E-state index in [9.17, 15) is 19.5 Å². The molecule has 4 atom stereocenters. The van der Waals surface area contributed by atoms with Gasteiger partial charge >= 0.3 is 12.0 Å². The van der Waals surface area contributed by atoms with Crippen LogP contribution in [0.3, 0.4) is 0 Å². The van der Waals surface area contributed by atoms with E-state index >= 15 is 0 Å². The summed E-state index contributed by atoms with van der Waals surface area (Å²) in [6, 6.07) is -2.38. The zero-order valence-corrected chi connectivity index (χ0v) is 12.1. The molecule has 0 aromatic heterocycles. The van der Waals surface area contributed by atoms with Crippen LogP contribution in [-0.2, 0) is 9.59 Å². The topological polar surface area (TPSA) is 113 Å². The number of rotatable bonds is 5. The van der Waals surface area contributed by atoms with E-state index in [4.69, 9.17) is 5.73 Å². The highest BCUT2D eigenvalue weighted by Crippen LogP contribution is 2.26. The zero-order valence-electron chi connectivity index (χ0n) is 12.1. The van der Waals surface area contributed by atoms with Gasteiger partial charge in [0.05, 0.1) is 0 Å². The number of carbonyl (C=O) groups excluding carboxylic acids is 2. The standard InChI is InChI=1S/C13H23N3O4/c1-4-7(2)9(15-13(14)20)11(17)16-6-5-8(3)10(16)12(18)19/h7-10H,4-6H2,1-3H3,(H,18,19)(H3,14,15,20). The Morgan fingerprint density at radius 1 is 1.45 bits per heavy atom. The van der Waals surface area contributed by atoms with Gasteiger partial charge in [-0.25, -0.2) is 9.59 Å². The average Bonchev–Trinajstić information content (AvgIpc) is 2.76. The predicted molar refractivity (Wildman–Crippen MR) is 72.9 cm³/mol. The zero-order chi connectivity index (χ0) is 15.4. The Hall–Kier alpha value is -1.79. The lowest BCUT2D eigenvalue weighted by Crippen LogP contribution is -2.55. The highest BCUT2D eigenvalue weighted by atomic mass is 16.4. The van der Waals surface area contributed by atoms with Crippen LogP contribution in [0, 0.1) is 11.8 Å². The number of hydrogen-bond acceptors (Lipinski definition) is 3. The molecule has 20 heavy (non-hydrogen) atoms. The van der Waals surface area contributed by atoms with E-state index in [1.165, 1.54) is 4.90 Å². The van der Waals surface area contributed by atoms with Crippen molar-refractivity contribution in [2.75, 3.05) is 6.54 Å². The number of hydrogen-bond donors (Lipinski definition) is 3. The van der Waals surface area contributed by atoms with Crippen molar-refractivity contribution >= 4 is 17.9 Å². The van der Waals surface area contributed by atoms with Crippen molar-refractivity contribution in [2.24, 2.45) is 17.6 Å². The molecular weight excluding hydrogens is 262 g/mol. The fraction of sp³-hybridized carbons (Fsp3) is 0.769. The normalized spacial score (nSPS) is 25.1. The van der Waals surface area contributed by atoms with E-state index in [2.05, 4.69) is 5.32 Å². The van der Waals surface area contributed by atoms with Crippen LogP contribution in [0.5, 0.6) is 0 Å². The monoisotopic (exact) mass is 285 g/mol. The van der Waals surface area contributed by atoms with Gasteiger partial charge in [-0.3, -0.25) is 4.79 Å². The van der Waals surface area contributed by atoms with Gasteiger partial charge in [0.2, 0.25) is 5.91 Å². The van der Waals surface area contributed by atoms with Crippen LogP contribution in [0.1, 0.15) is 33.6 Å². The molecule has 1 aliphatic heterocycles. The molecule has 114 valence electrons. The first kappa shape index (κ1) is 16.3. The van der Waals surface area contributed by atoms with Crippen molar-refractivity contribution in [3.63, 3.8) is 0 Å². The first-order chi connectivity index (χ1) is 9.29. The molecular formula is C13H23N3O4. The van der Waals surface area contributed by atoms with Gasteiger partial charge in [0, 0.05) is 6.54 Å². The number of carboxylic acid groups (broad SMARTS) is 1. The molecule has 0 radical (unpaired) electrons. The Morgan fingerprint density at radius 3 is 2.50 bits per heavy atom. The van der Waals surface area contributed by atoms with Crippen LogP contribution in [0.4, 0.5) is 4.79 Å². The van der Waals surface area contributed by atoms with Crippen molar-refractivity contribution in [3.05, 3.63) is 0 Å². The summed E-state index contributed by atoms with van der Waals surface area (Å²) in [6.07, 6.45) is 1.32. The van der Waals surface area contributed by atoms with Crippen molar-refractivity contribution in [2.45, 2.75) is 45.7 Å². The number of nitrogens with one attached hydrogen (secondary N) is 1. The molecule has 0 saturated carbocycles. The van der Waals surface area contributed by atoms with E-state index in [0.717, 1.165) is 0 Å². The Balaban J connectivity index is 2.93. The SMILES string of the molecule is CCC(C)C(NC(N)=O)C(=O)N1CCC(C)C1C(=O)O. The van der Waals surface area contributed by atoms with E-state index in [1.807, 2.05) is 20.8 Å². The fourth-order valence-corrected chi connectivity index (χ4v) is 2.59. The molecule has 7 nitrogen and oxygen atoms in total. The van der Waals surface area contributed by atoms with Crippen LogP contribution in [0.25, 0.3) is 0 Å². The van der Waals surface area contributed by atoms with E-state index in [0.29, 0.717) is 19.4 Å². The Labute approximate surface area is 118 Å². The summed E-state index contributed by atoms with van der Waals surface area (Å²) in [4.78, 5) is 36.2. The largest absolute Gasteiger partial charge is 0.480 e. The molecule has 0 aliphatic carbocycles. The molecule has 1 saturated heterocycles. The van der Waals surface area contributed by atoms with Crippen molar-refractivity contribution in [3.8, 4) is 0 Å². The molecule has 7 heteroatoms. The van der Waals surface area contributed by atoms with Crippen molar-refractivity contribution < 1.29 is 19.5 Å². The summed E-state index contributed by atoms with van der Waals surface area (Å²) < 4.78 is 0.